The van der Waals surface area contributed by atoms with E-state index in [1.807, 2.05) is 6.26 Å². The van der Waals surface area contributed by atoms with Crippen LogP contribution >= 0.6 is 11.9 Å². The van der Waals surface area contributed by atoms with Crippen LogP contribution in [0.3, 0.4) is 0 Å². The minimum atomic E-state index is 0.682. The lowest BCUT2D eigenvalue weighted by Crippen LogP contribution is -2.34. The number of guanidine groups is 1. The van der Waals surface area contributed by atoms with Gasteiger partial charge in [0.2, 0.25) is 5.96 Å². The van der Waals surface area contributed by atoms with Crippen molar-refractivity contribution in [1.29, 1.82) is 0 Å². The van der Waals surface area contributed by atoms with Crippen LogP contribution < -0.4 is 5.73 Å². The van der Waals surface area contributed by atoms with Crippen molar-refractivity contribution in [2.24, 2.45) is 16.0 Å². The summed E-state index contributed by atoms with van der Waals surface area (Å²) in [5.41, 5.74) is 5.71. The smallest absolute Gasteiger partial charge is 0.202 e. The third-order valence-electron chi connectivity index (χ3n) is 1.93. The van der Waals surface area contributed by atoms with Crippen LogP contribution in [0.4, 0.5) is 0 Å². The Morgan fingerprint density at radius 3 is 2.91 bits per heavy atom. The van der Waals surface area contributed by atoms with Gasteiger partial charge in [-0.3, -0.25) is 0 Å². The first-order valence-electron chi connectivity index (χ1n) is 3.85. The summed E-state index contributed by atoms with van der Waals surface area (Å²) in [5, 5.41) is 0. The van der Waals surface area contributed by atoms with Crippen LogP contribution in [0.15, 0.2) is 4.40 Å². The summed E-state index contributed by atoms with van der Waals surface area (Å²) < 4.78 is 4.08. The summed E-state index contributed by atoms with van der Waals surface area (Å²) >= 11 is 1.42. The number of hydrogen-bond acceptors (Lipinski definition) is 2. The molecule has 0 aliphatic carbocycles. The average Bonchev–Trinajstić information content (AvgIpc) is 2.36. The van der Waals surface area contributed by atoms with Gasteiger partial charge in [-0.1, -0.05) is 6.92 Å². The van der Waals surface area contributed by atoms with E-state index in [0.29, 0.717) is 5.96 Å². The van der Waals surface area contributed by atoms with Gasteiger partial charge in [-0.05, 0) is 24.3 Å². The molecule has 3 nitrogen and oxygen atoms in total. The molecule has 1 fully saturated rings. The van der Waals surface area contributed by atoms with Crippen LogP contribution in [-0.4, -0.2) is 30.2 Å². The lowest BCUT2D eigenvalue weighted by Gasteiger charge is -2.15. The average molecular weight is 173 g/mol. The summed E-state index contributed by atoms with van der Waals surface area (Å²) in [6.07, 6.45) is 3.16. The van der Waals surface area contributed by atoms with Gasteiger partial charge in [-0.15, -0.1) is 0 Å². The number of likely N-dealkylation sites (tertiary alicyclic amines) is 1. The van der Waals surface area contributed by atoms with Crippen molar-refractivity contribution in [2.45, 2.75) is 13.3 Å². The fraction of sp³-hybridized carbons (Fsp3) is 0.857. The van der Waals surface area contributed by atoms with E-state index in [2.05, 4.69) is 16.2 Å². The van der Waals surface area contributed by atoms with Gasteiger partial charge in [0.15, 0.2) is 0 Å². The van der Waals surface area contributed by atoms with E-state index in [1.54, 1.807) is 0 Å². The lowest BCUT2D eigenvalue weighted by molar-refractivity contribution is 0.490. The first-order valence-corrected chi connectivity index (χ1v) is 5.03. The molecule has 0 bridgehead atoms. The molecule has 0 aromatic heterocycles. The summed E-state index contributed by atoms with van der Waals surface area (Å²) in [4.78, 5) is 2.14. The van der Waals surface area contributed by atoms with Gasteiger partial charge in [-0.25, -0.2) is 0 Å². The standard InChI is InChI=1S/C7H15N3S/c1-6-3-4-10(5-6)7(8)9-11-2/h6H,3-5H2,1-2H3,(H2,8,9). The van der Waals surface area contributed by atoms with Gasteiger partial charge >= 0.3 is 0 Å². The summed E-state index contributed by atoms with van der Waals surface area (Å²) in [5.74, 6) is 1.45. The van der Waals surface area contributed by atoms with E-state index in [4.69, 9.17) is 5.73 Å². The molecule has 11 heavy (non-hydrogen) atoms. The third kappa shape index (κ3) is 2.29. The Balaban J connectivity index is 2.43. The molecule has 1 saturated heterocycles. The summed E-state index contributed by atoms with van der Waals surface area (Å²) in [7, 11) is 0. The monoisotopic (exact) mass is 173 g/mol. The van der Waals surface area contributed by atoms with Gasteiger partial charge in [-0.2, -0.15) is 4.40 Å². The highest BCUT2D eigenvalue weighted by Crippen LogP contribution is 2.14. The van der Waals surface area contributed by atoms with Gasteiger partial charge in [0.25, 0.3) is 0 Å². The van der Waals surface area contributed by atoms with E-state index in [0.717, 1.165) is 19.0 Å². The molecular weight excluding hydrogens is 158 g/mol. The zero-order valence-corrected chi connectivity index (χ0v) is 7.90. The number of hydrogen-bond donors (Lipinski definition) is 1. The third-order valence-corrected chi connectivity index (χ3v) is 2.30. The van der Waals surface area contributed by atoms with Crippen molar-refractivity contribution in [3.05, 3.63) is 0 Å². The first-order chi connectivity index (χ1) is 5.24. The minimum absolute atomic E-state index is 0.682. The molecule has 0 amide bonds. The predicted molar refractivity (Wildman–Crippen MR) is 50.5 cm³/mol. The van der Waals surface area contributed by atoms with Crippen molar-refractivity contribution in [2.75, 3.05) is 19.3 Å². The Labute approximate surface area is 72.2 Å². The summed E-state index contributed by atoms with van der Waals surface area (Å²) in [6.45, 7) is 4.37. The fourth-order valence-corrected chi connectivity index (χ4v) is 1.60. The van der Waals surface area contributed by atoms with Crippen LogP contribution in [-0.2, 0) is 0 Å². The number of rotatable bonds is 1. The SMILES string of the molecule is CSN=C(N)N1CCC(C)C1. The molecule has 1 atom stereocenters. The van der Waals surface area contributed by atoms with Crippen LogP contribution in [0.25, 0.3) is 0 Å². The second-order valence-electron chi connectivity index (χ2n) is 2.97. The van der Waals surface area contributed by atoms with E-state index in [9.17, 15) is 0 Å². The van der Waals surface area contributed by atoms with Crippen molar-refractivity contribution >= 4 is 17.9 Å². The quantitative estimate of drug-likeness (QED) is 0.364. The van der Waals surface area contributed by atoms with Crippen LogP contribution in [0.1, 0.15) is 13.3 Å². The molecule has 4 heteroatoms. The maximum absolute atomic E-state index is 5.71. The largest absolute Gasteiger partial charge is 0.369 e. The van der Waals surface area contributed by atoms with Crippen LogP contribution in [0.5, 0.6) is 0 Å². The van der Waals surface area contributed by atoms with Gasteiger partial charge in [0.1, 0.15) is 0 Å². The van der Waals surface area contributed by atoms with Gasteiger partial charge < -0.3 is 10.6 Å². The molecule has 1 heterocycles. The molecular formula is C7H15N3S. The Bertz CT molecular complexity index is 158. The Hall–Kier alpha value is -0.380. The molecule has 1 aliphatic rings. The van der Waals surface area contributed by atoms with Crippen molar-refractivity contribution in [3.8, 4) is 0 Å². The zero-order valence-electron chi connectivity index (χ0n) is 7.08. The van der Waals surface area contributed by atoms with E-state index < -0.39 is 0 Å². The lowest BCUT2D eigenvalue weighted by atomic mass is 10.2. The molecule has 0 aromatic carbocycles. The highest BCUT2D eigenvalue weighted by Gasteiger charge is 2.19. The van der Waals surface area contributed by atoms with Crippen LogP contribution in [0, 0.1) is 5.92 Å². The second-order valence-corrected chi connectivity index (χ2v) is 3.52. The fourth-order valence-electron chi connectivity index (χ4n) is 1.29. The molecule has 1 unspecified atom stereocenters. The maximum Gasteiger partial charge on any atom is 0.202 e. The van der Waals surface area contributed by atoms with Crippen LogP contribution in [0.2, 0.25) is 0 Å². The Morgan fingerprint density at radius 1 is 1.73 bits per heavy atom. The van der Waals surface area contributed by atoms with Crippen molar-refractivity contribution < 1.29 is 0 Å². The topological polar surface area (TPSA) is 41.6 Å². The van der Waals surface area contributed by atoms with E-state index in [-0.39, 0.29) is 0 Å². The van der Waals surface area contributed by atoms with E-state index in [1.165, 1.54) is 18.4 Å². The molecule has 0 radical (unpaired) electrons. The minimum Gasteiger partial charge on any atom is -0.369 e. The first kappa shape index (κ1) is 8.71. The second kappa shape index (κ2) is 3.85. The normalized spacial score (nSPS) is 26.2. The van der Waals surface area contributed by atoms with E-state index >= 15 is 0 Å². The maximum atomic E-state index is 5.71. The molecule has 64 valence electrons. The van der Waals surface area contributed by atoms with Gasteiger partial charge in [0, 0.05) is 19.3 Å². The molecule has 2 N–H and O–H groups in total. The highest BCUT2D eigenvalue weighted by atomic mass is 32.2. The van der Waals surface area contributed by atoms with Crippen molar-refractivity contribution in [1.82, 2.24) is 4.90 Å². The molecule has 0 aromatic rings. The van der Waals surface area contributed by atoms with Crippen molar-refractivity contribution in [3.63, 3.8) is 0 Å². The van der Waals surface area contributed by atoms with Gasteiger partial charge in [0.05, 0.1) is 0 Å². The zero-order chi connectivity index (χ0) is 8.27. The Morgan fingerprint density at radius 2 is 2.45 bits per heavy atom. The molecule has 1 rings (SSSR count). The molecule has 0 saturated carbocycles. The number of nitrogens with zero attached hydrogens (tertiary/aromatic N) is 2. The summed E-state index contributed by atoms with van der Waals surface area (Å²) in [6, 6.07) is 0. The molecule has 1 aliphatic heterocycles. The Kier molecular flexibility index (Phi) is 3.05. The number of nitrogens with two attached hydrogens (primary N) is 1. The highest BCUT2D eigenvalue weighted by molar-refractivity contribution is 7.97. The predicted octanol–water partition coefficient (Wildman–Crippen LogP) is 0.921. The molecule has 0 spiro atoms.